The molecule has 13 heavy (non-hydrogen) atoms. The molecule has 0 aliphatic carbocycles. The van der Waals surface area contributed by atoms with E-state index in [1.54, 1.807) is 0 Å². The summed E-state index contributed by atoms with van der Waals surface area (Å²) in [6, 6.07) is 6.16. The highest BCUT2D eigenvalue weighted by Gasteiger charge is 2.01. The van der Waals surface area contributed by atoms with E-state index in [0.717, 1.165) is 12.2 Å². The number of hydrogen-bond acceptors (Lipinski definition) is 2. The molecule has 1 aromatic rings. The van der Waals surface area contributed by atoms with Gasteiger partial charge < -0.3 is 10.5 Å². The second-order valence-electron chi connectivity index (χ2n) is 3.21. The molecule has 0 aromatic heterocycles. The third-order valence-electron chi connectivity index (χ3n) is 2.00. The maximum absolute atomic E-state index is 5.63. The molecule has 2 nitrogen and oxygen atoms in total. The Labute approximate surface area is 79.7 Å². The molecule has 1 rings (SSSR count). The number of rotatable bonds is 4. The molecule has 0 aliphatic rings. The van der Waals surface area contributed by atoms with E-state index in [1.807, 2.05) is 6.07 Å². The smallest absolute Gasteiger partial charge is 0.125 e. The molecule has 0 saturated heterocycles. The zero-order valence-electron chi connectivity index (χ0n) is 8.34. The van der Waals surface area contributed by atoms with E-state index in [2.05, 4.69) is 26.0 Å². The van der Waals surface area contributed by atoms with Crippen LogP contribution in [0.25, 0.3) is 0 Å². The Morgan fingerprint density at radius 3 is 2.38 bits per heavy atom. The Balaban J connectivity index is 2.64. The SMILES string of the molecule is Cc1cccc(C)c1OCCCN. The molecule has 2 heteroatoms. The first-order valence-corrected chi connectivity index (χ1v) is 4.65. The zero-order valence-corrected chi connectivity index (χ0v) is 8.34. The molecule has 1 aromatic carbocycles. The Kier molecular flexibility index (Phi) is 3.77. The summed E-state index contributed by atoms with van der Waals surface area (Å²) in [7, 11) is 0. The van der Waals surface area contributed by atoms with Gasteiger partial charge in [-0.2, -0.15) is 0 Å². The van der Waals surface area contributed by atoms with Crippen LogP contribution in [0.4, 0.5) is 0 Å². The van der Waals surface area contributed by atoms with Crippen LogP contribution in [-0.2, 0) is 0 Å². The van der Waals surface area contributed by atoms with Gasteiger partial charge in [-0.15, -0.1) is 0 Å². The van der Waals surface area contributed by atoms with Crippen LogP contribution >= 0.6 is 0 Å². The first kappa shape index (κ1) is 10.1. The molecule has 0 heterocycles. The van der Waals surface area contributed by atoms with E-state index < -0.39 is 0 Å². The molecular weight excluding hydrogens is 162 g/mol. The number of para-hydroxylation sites is 1. The molecule has 0 fully saturated rings. The molecule has 0 radical (unpaired) electrons. The standard InChI is InChI=1S/C11H17NO/c1-9-5-3-6-10(2)11(9)13-8-4-7-12/h3,5-6H,4,7-8,12H2,1-2H3. The van der Waals surface area contributed by atoms with Gasteiger partial charge in [0.15, 0.2) is 0 Å². The summed E-state index contributed by atoms with van der Waals surface area (Å²) in [5, 5.41) is 0. The Hall–Kier alpha value is -1.02. The van der Waals surface area contributed by atoms with Gasteiger partial charge in [0, 0.05) is 0 Å². The van der Waals surface area contributed by atoms with Crippen molar-refractivity contribution < 1.29 is 4.74 Å². The quantitative estimate of drug-likeness (QED) is 0.718. The van der Waals surface area contributed by atoms with Gasteiger partial charge in [0.1, 0.15) is 5.75 Å². The second kappa shape index (κ2) is 4.87. The predicted octanol–water partition coefficient (Wildman–Crippen LogP) is 2.03. The van der Waals surface area contributed by atoms with Crippen molar-refractivity contribution in [3.63, 3.8) is 0 Å². The van der Waals surface area contributed by atoms with Crippen LogP contribution in [0.3, 0.4) is 0 Å². The molecule has 0 atom stereocenters. The zero-order chi connectivity index (χ0) is 9.68. The lowest BCUT2D eigenvalue weighted by Crippen LogP contribution is -2.07. The second-order valence-corrected chi connectivity index (χ2v) is 3.21. The number of nitrogens with two attached hydrogens (primary N) is 1. The number of hydrogen-bond donors (Lipinski definition) is 1. The summed E-state index contributed by atoms with van der Waals surface area (Å²) in [5.74, 6) is 1.01. The van der Waals surface area contributed by atoms with Gasteiger partial charge in [-0.25, -0.2) is 0 Å². The van der Waals surface area contributed by atoms with Crippen molar-refractivity contribution in [2.75, 3.05) is 13.2 Å². The van der Waals surface area contributed by atoms with Crippen molar-refractivity contribution in [2.24, 2.45) is 5.73 Å². The van der Waals surface area contributed by atoms with Crippen molar-refractivity contribution in [1.29, 1.82) is 0 Å². The summed E-state index contributed by atoms with van der Waals surface area (Å²) in [4.78, 5) is 0. The minimum atomic E-state index is 0.685. The molecule has 0 unspecified atom stereocenters. The van der Waals surface area contributed by atoms with E-state index >= 15 is 0 Å². The van der Waals surface area contributed by atoms with Crippen LogP contribution in [0.15, 0.2) is 18.2 Å². The van der Waals surface area contributed by atoms with Gasteiger partial charge >= 0.3 is 0 Å². The highest BCUT2D eigenvalue weighted by Crippen LogP contribution is 2.22. The van der Waals surface area contributed by atoms with Crippen LogP contribution in [-0.4, -0.2) is 13.2 Å². The monoisotopic (exact) mass is 179 g/mol. The summed E-state index contributed by atoms with van der Waals surface area (Å²) < 4.78 is 5.63. The first-order chi connectivity index (χ1) is 6.25. The Morgan fingerprint density at radius 2 is 1.85 bits per heavy atom. The normalized spacial score (nSPS) is 10.1. The van der Waals surface area contributed by atoms with Crippen molar-refractivity contribution in [2.45, 2.75) is 20.3 Å². The average molecular weight is 179 g/mol. The van der Waals surface area contributed by atoms with Gasteiger partial charge in [0.25, 0.3) is 0 Å². The highest BCUT2D eigenvalue weighted by molar-refractivity contribution is 5.39. The minimum Gasteiger partial charge on any atom is -0.493 e. The van der Waals surface area contributed by atoms with Crippen molar-refractivity contribution in [3.05, 3.63) is 29.3 Å². The van der Waals surface area contributed by atoms with E-state index in [0.29, 0.717) is 13.2 Å². The predicted molar refractivity (Wildman–Crippen MR) is 55.1 cm³/mol. The summed E-state index contributed by atoms with van der Waals surface area (Å²) in [5.41, 5.74) is 7.77. The van der Waals surface area contributed by atoms with E-state index in [9.17, 15) is 0 Å². The Bertz CT molecular complexity index is 251. The lowest BCUT2D eigenvalue weighted by atomic mass is 10.1. The maximum Gasteiger partial charge on any atom is 0.125 e. The number of benzene rings is 1. The highest BCUT2D eigenvalue weighted by atomic mass is 16.5. The van der Waals surface area contributed by atoms with Gasteiger partial charge in [0.2, 0.25) is 0 Å². The van der Waals surface area contributed by atoms with E-state index in [4.69, 9.17) is 10.5 Å². The summed E-state index contributed by atoms with van der Waals surface area (Å²) >= 11 is 0. The molecule has 2 N–H and O–H groups in total. The molecule has 0 bridgehead atoms. The van der Waals surface area contributed by atoms with Gasteiger partial charge in [0.05, 0.1) is 6.61 Å². The van der Waals surface area contributed by atoms with Gasteiger partial charge in [-0.1, -0.05) is 18.2 Å². The van der Waals surface area contributed by atoms with Crippen LogP contribution in [0.2, 0.25) is 0 Å². The first-order valence-electron chi connectivity index (χ1n) is 4.65. The molecule has 0 spiro atoms. The van der Waals surface area contributed by atoms with Crippen molar-refractivity contribution in [3.8, 4) is 5.75 Å². The fraction of sp³-hybridized carbons (Fsp3) is 0.455. The van der Waals surface area contributed by atoms with Crippen LogP contribution in [0.5, 0.6) is 5.75 Å². The third kappa shape index (κ3) is 2.74. The van der Waals surface area contributed by atoms with E-state index in [-0.39, 0.29) is 0 Å². The molecule has 0 saturated carbocycles. The molecular formula is C11H17NO. The molecule has 0 aliphatic heterocycles. The van der Waals surface area contributed by atoms with Crippen molar-refractivity contribution >= 4 is 0 Å². The molecule has 0 amide bonds. The number of ether oxygens (including phenoxy) is 1. The van der Waals surface area contributed by atoms with Crippen LogP contribution in [0.1, 0.15) is 17.5 Å². The summed E-state index contributed by atoms with van der Waals surface area (Å²) in [6.07, 6.45) is 0.910. The van der Waals surface area contributed by atoms with Crippen molar-refractivity contribution in [1.82, 2.24) is 0 Å². The fourth-order valence-corrected chi connectivity index (χ4v) is 1.28. The summed E-state index contributed by atoms with van der Waals surface area (Å²) in [6.45, 7) is 5.52. The maximum atomic E-state index is 5.63. The lowest BCUT2D eigenvalue weighted by Gasteiger charge is -2.10. The fourth-order valence-electron chi connectivity index (χ4n) is 1.28. The van der Waals surface area contributed by atoms with Gasteiger partial charge in [-0.05, 0) is 37.9 Å². The largest absolute Gasteiger partial charge is 0.493 e. The average Bonchev–Trinajstić information content (AvgIpc) is 2.10. The van der Waals surface area contributed by atoms with Gasteiger partial charge in [-0.3, -0.25) is 0 Å². The van der Waals surface area contributed by atoms with Crippen LogP contribution in [0, 0.1) is 13.8 Å². The number of aryl methyl sites for hydroxylation is 2. The van der Waals surface area contributed by atoms with E-state index in [1.165, 1.54) is 11.1 Å². The lowest BCUT2D eigenvalue weighted by molar-refractivity contribution is 0.309. The van der Waals surface area contributed by atoms with Crippen LogP contribution < -0.4 is 10.5 Å². The third-order valence-corrected chi connectivity index (χ3v) is 2.00. The minimum absolute atomic E-state index is 0.685. The molecule has 72 valence electrons. The Morgan fingerprint density at radius 1 is 1.23 bits per heavy atom. The topological polar surface area (TPSA) is 35.2 Å².